The number of likely N-dealkylation sites (tertiary alicyclic amines) is 1. The summed E-state index contributed by atoms with van der Waals surface area (Å²) in [6, 6.07) is 0. The summed E-state index contributed by atoms with van der Waals surface area (Å²) in [5.74, 6) is 10.9. The number of nitrogens with two attached hydrogens (primary N) is 4. The van der Waals surface area contributed by atoms with Gasteiger partial charge in [0.2, 0.25) is 23.6 Å². The van der Waals surface area contributed by atoms with Crippen LogP contribution >= 0.6 is 424 Å². The Hall–Kier alpha value is 5.70. The number of hydrazine groups is 2. The Bertz CT molecular complexity index is 2850. The predicted molar refractivity (Wildman–Crippen MR) is 740 cm³/mol. The number of aliphatic imine (C=N–C) groups is 1. The largest absolute Gasteiger partial charge is 0.748 e. The maximum Gasteiger partial charge on any atom is 0.421 e. The zero-order chi connectivity index (χ0) is 110. The fourth-order valence-corrected chi connectivity index (χ4v) is 16.8. The summed E-state index contributed by atoms with van der Waals surface area (Å²) in [4.78, 5) is 110. The van der Waals surface area contributed by atoms with Crippen molar-refractivity contribution in [3.63, 3.8) is 0 Å². The molecule has 0 aromatic carbocycles. The van der Waals surface area contributed by atoms with Gasteiger partial charge in [-0.1, -0.05) is 452 Å². The highest BCUT2D eigenvalue weighted by Crippen LogP contribution is 2.28. The minimum absolute atomic E-state index is 0.0168. The number of amides is 7. The van der Waals surface area contributed by atoms with Gasteiger partial charge >= 0.3 is 12.1 Å². The van der Waals surface area contributed by atoms with E-state index >= 15 is 0 Å². The van der Waals surface area contributed by atoms with Gasteiger partial charge < -0.3 is 59.9 Å². The maximum absolute atomic E-state index is 11.3. The molecule has 7 amide bonds. The maximum atomic E-state index is 11.3. The lowest BCUT2D eigenvalue weighted by Crippen LogP contribution is -2.34. The van der Waals surface area contributed by atoms with Crippen LogP contribution < -0.4 is 44.6 Å². The van der Waals surface area contributed by atoms with E-state index in [-0.39, 0.29) is 80.4 Å². The van der Waals surface area contributed by atoms with Gasteiger partial charge in [0.25, 0.3) is 18.3 Å². The molecule has 2 saturated heterocycles. The van der Waals surface area contributed by atoms with Crippen LogP contribution in [0.1, 0.15) is 227 Å². The summed E-state index contributed by atoms with van der Waals surface area (Å²) in [5, 5.41) is 20.6. The molecule has 0 aromatic rings. The molecule has 0 bridgehead atoms. The summed E-state index contributed by atoms with van der Waals surface area (Å²) in [6.07, 6.45) is 35.2. The number of guanidine groups is 1. The Morgan fingerprint density at radius 3 is 1.38 bits per heavy atom. The number of nitrogens with zero attached hydrogens (tertiary/aromatic N) is 7. The summed E-state index contributed by atoms with van der Waals surface area (Å²) >= 11 is 47.4. The number of terminal acetylenes is 1. The lowest BCUT2D eigenvalue weighted by Gasteiger charge is -2.13. The van der Waals surface area contributed by atoms with Crippen molar-refractivity contribution in [2.45, 2.75) is 227 Å². The molecule has 840 valence electrons. The van der Waals surface area contributed by atoms with E-state index in [1.54, 1.807) is 0 Å². The third kappa shape index (κ3) is 207. The SMILES string of the molecule is BrCCCI.C#COCCCI.C=C(C)OCCCI.CCCCI.CCCCI.CCCOCCCI.ICCCOCC1CC1.N#CSCCCI.NC(N)=NCCCI.NNC(=O)OCCCI.NNCCCI.O=C(CCCCI)ON1C(=O)CCC1=O.O=C(CCN1C(=O)CCC1=O)NCCCI.O=C(CS)NCCCI.O=COCCCCI.O=S(=O)([O-])CCCCI.[N-]=[N+]=NCCCI. The summed E-state index contributed by atoms with van der Waals surface area (Å²) < 4.78 is 78.3. The third-order valence-electron chi connectivity index (χ3n) is 13.7. The number of thiol groups is 1. The number of hydrogen-bond donors (Lipinski definition) is 9. The molecular formula is C86H162BrI17N15O19S3-. The number of carbonyl (C=O) groups excluding carboxylic acids is 9. The van der Waals surface area contributed by atoms with E-state index in [1.807, 2.05) is 17.8 Å². The smallest absolute Gasteiger partial charge is 0.421 e. The molecule has 34 nitrogen and oxygen atoms in total. The molecule has 0 spiro atoms. The number of imide groups is 2. The van der Waals surface area contributed by atoms with Crippen molar-refractivity contribution in [1.29, 1.82) is 5.26 Å². The zero-order valence-electron chi connectivity index (χ0n) is 82.4. The Kier molecular flexibility index (Phi) is 211. The van der Waals surface area contributed by atoms with E-state index in [0.29, 0.717) is 56.6 Å². The molecule has 12 N–H and O–H groups in total. The van der Waals surface area contributed by atoms with E-state index < -0.39 is 34.0 Å². The van der Waals surface area contributed by atoms with Crippen LogP contribution in [0.15, 0.2) is 22.4 Å². The van der Waals surface area contributed by atoms with E-state index in [9.17, 15) is 56.1 Å². The molecule has 0 atom stereocenters. The number of nitriles is 1. The minimum atomic E-state index is -3.95. The van der Waals surface area contributed by atoms with Crippen molar-refractivity contribution >= 4 is 494 Å². The van der Waals surface area contributed by atoms with Gasteiger partial charge in [-0.3, -0.25) is 60.1 Å². The van der Waals surface area contributed by atoms with Crippen LogP contribution in [0.2, 0.25) is 0 Å². The first kappa shape index (κ1) is 177. The molecule has 2 aliphatic heterocycles. The quantitative estimate of drug-likeness (QED) is 0.00216. The van der Waals surface area contributed by atoms with Crippen molar-refractivity contribution < 1.29 is 89.4 Å². The number of alkyl halides is 18. The Morgan fingerprint density at radius 2 is 1.01 bits per heavy atom. The Labute approximate surface area is 1100 Å². The van der Waals surface area contributed by atoms with Crippen molar-refractivity contribution in [3.8, 4) is 17.9 Å². The average Bonchev–Trinajstić information content (AvgIpc) is 1.73. The number of unbranched alkanes of at least 4 members (excludes halogenated alkanes) is 5. The molecule has 3 rings (SSSR count). The second-order valence-corrected chi connectivity index (χ2v) is 48.5. The molecule has 0 unspecified atom stereocenters. The molecule has 2 heterocycles. The molecule has 141 heavy (non-hydrogen) atoms. The number of hydrogen-bond acceptors (Lipinski definition) is 27. The van der Waals surface area contributed by atoms with Crippen molar-refractivity contribution in [2.75, 3.05) is 190 Å². The summed E-state index contributed by atoms with van der Waals surface area (Å²) in [6.45, 7) is 22.9. The Balaban J connectivity index is -0.000000102. The normalized spacial score (nSPS) is 11.0. The van der Waals surface area contributed by atoms with Gasteiger partial charge in [-0.05, 0) is 204 Å². The first-order valence-electron chi connectivity index (χ1n) is 45.4. The monoisotopic (exact) mass is 4040 g/mol. The number of ether oxygens (including phenoxy) is 6. The van der Waals surface area contributed by atoms with Crippen molar-refractivity contribution in [1.82, 2.24) is 31.4 Å². The standard InChI is InChI=1S/C10H15IN2O3.C9H12INO4.C7H13IO.C6H11IO.C6H13IO.C5H10INOS.C5H9IO2.C5H7IO.C4H10IN3.C4H9IN2O2.C4H6INS.C4H9IO3S.2C4H9I.C3H6BrI.C3H6IN3.C3H9IN2/c11-5-1-6-12-8(14)4-7-13-9(15)2-3-10(13)16;10-6-2-1-3-9(14)15-11-7(12)4-5-8(11)13;8-4-1-5-9-6-7-2-3-7;1-6(2)8-5-3-4-7;1-2-5-8-6-3-4-7;6-2-1-3-7-5(8)4-9;6-3-1-2-4-8-5-7;1-2-7-5-3-4-6;5-2-1-3-8-4(6)7;5-2-1-3-9-4(8)7-6;5-2-1-3-7-4-6;5-3-1-2-4-9(6,7)8;2*1-2-3-4-5;4-2-1-3-5;4-2-1-3-6-7-5;4-2-1-3-6-5/h1-7H2,(H,12,14);1-6H2;7H,1-6H2;1,3-5H2,2H3;2-6H2,1H3;9H,1-4H2,(H,7,8);5H,1-4H2;1H,3-5H2;1-3H2,(H4,6,7,8);1-3,6H2,(H,7,8);1-3H2;1-4H2,(H,6,7,8);2*2-4H2,1H3;1-3H2;1-3H2;6H,1-3,5H2/p-1. The van der Waals surface area contributed by atoms with Gasteiger partial charge in [0, 0.05) is 175 Å². The molecule has 1 aliphatic carbocycles. The highest BCUT2D eigenvalue weighted by molar-refractivity contribution is 14.1. The summed E-state index contributed by atoms with van der Waals surface area (Å²) in [5.41, 5.74) is 22.3. The van der Waals surface area contributed by atoms with E-state index in [4.69, 9.17) is 54.6 Å². The number of carbonyl (C=O) groups is 9. The number of allylic oxidation sites excluding steroid dienone is 1. The van der Waals surface area contributed by atoms with Crippen molar-refractivity contribution in [2.24, 2.45) is 39.2 Å². The van der Waals surface area contributed by atoms with Crippen LogP contribution in [0.4, 0.5) is 4.79 Å². The second-order valence-electron chi connectivity index (χ2n) is 26.6. The van der Waals surface area contributed by atoms with Gasteiger partial charge in [0.1, 0.15) is 18.1 Å². The third-order valence-corrected chi connectivity index (χ3v) is 29.0. The number of nitrogens with one attached hydrogen (secondary N) is 4. The molecule has 3 fully saturated rings. The van der Waals surface area contributed by atoms with Gasteiger partial charge in [-0.25, -0.2) is 23.8 Å². The second kappa shape index (κ2) is 168. The van der Waals surface area contributed by atoms with Crippen LogP contribution in [0.5, 0.6) is 0 Å². The van der Waals surface area contributed by atoms with Gasteiger partial charge in [0.15, 0.2) is 5.96 Å². The first-order valence-corrected chi connectivity index (χ1v) is 75.7. The first-order chi connectivity index (χ1) is 67.7. The van der Waals surface area contributed by atoms with Crippen LogP contribution in [-0.4, -0.2) is 273 Å². The van der Waals surface area contributed by atoms with E-state index in [1.165, 1.54) is 101 Å². The highest BCUT2D eigenvalue weighted by atomic mass is 127. The van der Waals surface area contributed by atoms with Crippen LogP contribution in [0, 0.1) is 29.1 Å². The molecule has 0 aromatic heterocycles. The van der Waals surface area contributed by atoms with Crippen LogP contribution in [0.25, 0.3) is 10.4 Å². The van der Waals surface area contributed by atoms with Gasteiger partial charge in [0.05, 0.1) is 41.5 Å². The fourth-order valence-electron chi connectivity index (χ4n) is 6.63. The van der Waals surface area contributed by atoms with E-state index in [2.05, 4.69) is 496 Å². The topological polar surface area (TPSA) is 519 Å². The molecule has 55 heteroatoms. The van der Waals surface area contributed by atoms with Crippen LogP contribution in [0.3, 0.4) is 0 Å². The zero-order valence-corrected chi connectivity index (χ0v) is 123. The van der Waals surface area contributed by atoms with Crippen molar-refractivity contribution in [3.05, 3.63) is 22.8 Å². The van der Waals surface area contributed by atoms with E-state index in [0.717, 1.165) is 220 Å². The molecule has 0 radical (unpaired) electrons. The number of halogens is 18. The molecular weight excluding hydrogens is 3880 g/mol. The predicted octanol–water partition coefficient (Wildman–Crippen LogP) is 24.5. The molecule has 3 aliphatic rings. The van der Waals surface area contributed by atoms with Gasteiger partial charge in [-0.2, -0.15) is 17.9 Å². The number of thiocyanates is 1. The molecule has 1 saturated carbocycles. The number of azide groups is 1. The number of hydroxylamine groups is 2. The Morgan fingerprint density at radius 1 is 0.574 bits per heavy atom. The average molecular weight is 4040 g/mol. The fraction of sp³-hybridized carbons (Fsp3) is 0.826. The lowest BCUT2D eigenvalue weighted by atomic mass is 10.3. The lowest BCUT2D eigenvalue weighted by molar-refractivity contribution is -0.197. The minimum Gasteiger partial charge on any atom is -0.748 e. The number of thioether (sulfide) groups is 1. The van der Waals surface area contributed by atoms with Gasteiger partial charge in [-0.15, -0.1) is 5.06 Å². The highest BCUT2D eigenvalue weighted by Gasteiger charge is 2.33. The summed E-state index contributed by atoms with van der Waals surface area (Å²) in [7, 11) is -3.95. The number of rotatable bonds is 62. The van der Waals surface area contributed by atoms with Crippen LogP contribution in [-0.2, 0) is 81.7 Å².